The summed E-state index contributed by atoms with van der Waals surface area (Å²) >= 11 is 0. The first-order valence-electron chi connectivity index (χ1n) is 5.21. The van der Waals surface area contributed by atoms with E-state index in [1.165, 1.54) is 0 Å². The molecule has 0 aliphatic heterocycles. The number of aryl methyl sites for hydroxylation is 1. The second kappa shape index (κ2) is 4.81. The highest BCUT2D eigenvalue weighted by molar-refractivity contribution is 5.26. The number of nitrogens with zero attached hydrogens (tertiary/aromatic N) is 1. The number of benzene rings is 1. The van der Waals surface area contributed by atoms with Gasteiger partial charge in [-0.05, 0) is 18.1 Å². The van der Waals surface area contributed by atoms with E-state index < -0.39 is 0 Å². The zero-order valence-corrected chi connectivity index (χ0v) is 9.23. The molecule has 1 heterocycles. The molecule has 16 heavy (non-hydrogen) atoms. The van der Waals surface area contributed by atoms with Crippen molar-refractivity contribution in [3.05, 3.63) is 47.2 Å². The molecule has 2 aromatic rings. The van der Waals surface area contributed by atoms with Gasteiger partial charge in [-0.1, -0.05) is 24.3 Å². The van der Waals surface area contributed by atoms with Crippen molar-refractivity contribution < 1.29 is 4.74 Å². The molecule has 2 rings (SSSR count). The van der Waals surface area contributed by atoms with Crippen LogP contribution in [-0.2, 0) is 13.2 Å². The molecule has 0 amide bonds. The fourth-order valence-electron chi connectivity index (χ4n) is 1.52. The maximum Gasteiger partial charge on any atom is 0.233 e. The quantitative estimate of drug-likeness (QED) is 0.820. The van der Waals surface area contributed by atoms with Crippen LogP contribution < -0.4 is 10.5 Å². The van der Waals surface area contributed by atoms with Crippen LogP contribution in [0.25, 0.3) is 0 Å². The maximum atomic E-state index is 5.65. The first-order valence-corrected chi connectivity index (χ1v) is 5.21. The van der Waals surface area contributed by atoms with Gasteiger partial charge in [0.25, 0.3) is 0 Å². The van der Waals surface area contributed by atoms with E-state index >= 15 is 0 Å². The van der Waals surface area contributed by atoms with E-state index in [2.05, 4.69) is 10.2 Å². The lowest BCUT2D eigenvalue weighted by molar-refractivity contribution is 0.292. The van der Waals surface area contributed by atoms with Crippen LogP contribution in [0.15, 0.2) is 30.3 Å². The molecule has 84 valence electrons. The molecular formula is C12H15N3O. The maximum absolute atomic E-state index is 5.65. The summed E-state index contributed by atoms with van der Waals surface area (Å²) in [6.45, 7) is 2.96. The SMILES string of the molecule is Cc1cc(OCc2ccccc2CN)n[nH]1. The molecule has 1 aromatic carbocycles. The monoisotopic (exact) mass is 217 g/mol. The Morgan fingerprint density at radius 2 is 2.06 bits per heavy atom. The van der Waals surface area contributed by atoms with Crippen LogP contribution in [0.5, 0.6) is 5.88 Å². The number of ether oxygens (including phenoxy) is 1. The van der Waals surface area contributed by atoms with E-state index in [0.29, 0.717) is 19.0 Å². The average molecular weight is 217 g/mol. The predicted molar refractivity (Wildman–Crippen MR) is 62.0 cm³/mol. The van der Waals surface area contributed by atoms with Crippen molar-refractivity contribution in [3.8, 4) is 5.88 Å². The number of aromatic nitrogens is 2. The Balaban J connectivity index is 2.04. The molecule has 0 saturated heterocycles. The summed E-state index contributed by atoms with van der Waals surface area (Å²) in [5.74, 6) is 0.615. The van der Waals surface area contributed by atoms with Crippen molar-refractivity contribution in [1.82, 2.24) is 10.2 Å². The van der Waals surface area contributed by atoms with Gasteiger partial charge in [-0.2, -0.15) is 0 Å². The summed E-state index contributed by atoms with van der Waals surface area (Å²) in [5.41, 5.74) is 8.84. The molecule has 0 unspecified atom stereocenters. The van der Waals surface area contributed by atoms with Gasteiger partial charge in [0.15, 0.2) is 0 Å². The highest BCUT2D eigenvalue weighted by Crippen LogP contribution is 2.13. The molecule has 0 aliphatic rings. The van der Waals surface area contributed by atoms with Gasteiger partial charge in [0.1, 0.15) is 6.61 Å². The van der Waals surface area contributed by atoms with Crippen LogP contribution in [-0.4, -0.2) is 10.2 Å². The van der Waals surface area contributed by atoms with E-state index in [1.54, 1.807) is 0 Å². The molecule has 4 nitrogen and oxygen atoms in total. The van der Waals surface area contributed by atoms with Gasteiger partial charge in [0, 0.05) is 18.3 Å². The third-order valence-corrected chi connectivity index (χ3v) is 2.40. The van der Waals surface area contributed by atoms with Crippen LogP contribution in [0.1, 0.15) is 16.8 Å². The van der Waals surface area contributed by atoms with Gasteiger partial charge < -0.3 is 10.5 Å². The van der Waals surface area contributed by atoms with Gasteiger partial charge >= 0.3 is 0 Å². The highest BCUT2D eigenvalue weighted by atomic mass is 16.5. The average Bonchev–Trinajstić information content (AvgIpc) is 2.73. The van der Waals surface area contributed by atoms with E-state index in [0.717, 1.165) is 16.8 Å². The minimum absolute atomic E-state index is 0.498. The Bertz CT molecular complexity index is 465. The first-order chi connectivity index (χ1) is 7.79. The van der Waals surface area contributed by atoms with E-state index in [1.807, 2.05) is 37.3 Å². The Hall–Kier alpha value is -1.81. The number of nitrogens with two attached hydrogens (primary N) is 1. The summed E-state index contributed by atoms with van der Waals surface area (Å²) < 4.78 is 5.56. The molecule has 0 aliphatic carbocycles. The molecule has 0 spiro atoms. The zero-order chi connectivity index (χ0) is 11.4. The molecule has 4 heteroatoms. The fourth-order valence-corrected chi connectivity index (χ4v) is 1.52. The van der Waals surface area contributed by atoms with Crippen molar-refractivity contribution >= 4 is 0 Å². The van der Waals surface area contributed by atoms with Crippen molar-refractivity contribution in [2.24, 2.45) is 5.73 Å². The normalized spacial score (nSPS) is 10.4. The largest absolute Gasteiger partial charge is 0.472 e. The third-order valence-electron chi connectivity index (χ3n) is 2.40. The number of hydrogen-bond donors (Lipinski definition) is 2. The van der Waals surface area contributed by atoms with Crippen LogP contribution in [0.2, 0.25) is 0 Å². The first kappa shape index (κ1) is 10.7. The van der Waals surface area contributed by atoms with Gasteiger partial charge in [-0.15, -0.1) is 5.10 Å². The molecule has 1 aromatic heterocycles. The Labute approximate surface area is 94.4 Å². The predicted octanol–water partition coefficient (Wildman–Crippen LogP) is 1.76. The standard InChI is InChI=1S/C12H15N3O/c1-9-6-12(15-14-9)16-8-11-5-3-2-4-10(11)7-13/h2-6H,7-8,13H2,1H3,(H,14,15). The lowest BCUT2D eigenvalue weighted by Gasteiger charge is -2.07. The minimum Gasteiger partial charge on any atom is -0.472 e. The molecule has 0 bridgehead atoms. The van der Waals surface area contributed by atoms with E-state index in [-0.39, 0.29) is 0 Å². The van der Waals surface area contributed by atoms with Crippen LogP contribution in [0, 0.1) is 6.92 Å². The molecule has 0 saturated carbocycles. The zero-order valence-electron chi connectivity index (χ0n) is 9.23. The second-order valence-corrected chi connectivity index (χ2v) is 3.65. The summed E-state index contributed by atoms with van der Waals surface area (Å²) in [7, 11) is 0. The Morgan fingerprint density at radius 3 is 2.69 bits per heavy atom. The van der Waals surface area contributed by atoms with Crippen molar-refractivity contribution in [1.29, 1.82) is 0 Å². The molecule has 0 atom stereocenters. The number of rotatable bonds is 4. The Kier molecular flexibility index (Phi) is 3.22. The lowest BCUT2D eigenvalue weighted by atomic mass is 10.1. The lowest BCUT2D eigenvalue weighted by Crippen LogP contribution is -2.04. The summed E-state index contributed by atoms with van der Waals surface area (Å²) in [6.07, 6.45) is 0. The van der Waals surface area contributed by atoms with E-state index in [4.69, 9.17) is 10.5 Å². The topological polar surface area (TPSA) is 63.9 Å². The fraction of sp³-hybridized carbons (Fsp3) is 0.250. The number of nitrogens with one attached hydrogen (secondary N) is 1. The minimum atomic E-state index is 0.498. The number of hydrogen-bond acceptors (Lipinski definition) is 3. The van der Waals surface area contributed by atoms with Crippen LogP contribution in [0.4, 0.5) is 0 Å². The smallest absolute Gasteiger partial charge is 0.233 e. The van der Waals surface area contributed by atoms with Gasteiger partial charge in [-0.25, -0.2) is 0 Å². The van der Waals surface area contributed by atoms with E-state index in [9.17, 15) is 0 Å². The third kappa shape index (κ3) is 2.41. The molecule has 0 fully saturated rings. The number of aromatic amines is 1. The summed E-state index contributed by atoms with van der Waals surface area (Å²) in [4.78, 5) is 0. The molecule has 0 radical (unpaired) electrons. The van der Waals surface area contributed by atoms with Gasteiger partial charge in [0.2, 0.25) is 5.88 Å². The van der Waals surface area contributed by atoms with Crippen molar-refractivity contribution in [3.63, 3.8) is 0 Å². The van der Waals surface area contributed by atoms with Gasteiger partial charge in [0.05, 0.1) is 0 Å². The summed E-state index contributed by atoms with van der Waals surface area (Å²) in [6, 6.07) is 9.85. The van der Waals surface area contributed by atoms with Crippen LogP contribution in [0.3, 0.4) is 0 Å². The van der Waals surface area contributed by atoms with Crippen molar-refractivity contribution in [2.45, 2.75) is 20.1 Å². The molecule has 3 N–H and O–H groups in total. The highest BCUT2D eigenvalue weighted by Gasteiger charge is 2.02. The second-order valence-electron chi connectivity index (χ2n) is 3.65. The van der Waals surface area contributed by atoms with Crippen LogP contribution >= 0.6 is 0 Å². The summed E-state index contributed by atoms with van der Waals surface area (Å²) in [5, 5.41) is 6.84. The van der Waals surface area contributed by atoms with Gasteiger partial charge in [-0.3, -0.25) is 5.10 Å². The molecular weight excluding hydrogens is 202 g/mol. The Morgan fingerprint density at radius 1 is 1.31 bits per heavy atom. The van der Waals surface area contributed by atoms with Crippen molar-refractivity contribution in [2.75, 3.05) is 0 Å². The number of H-pyrrole nitrogens is 1.